The summed E-state index contributed by atoms with van der Waals surface area (Å²) in [4.78, 5) is 44.8. The quantitative estimate of drug-likeness (QED) is 0.830. The van der Waals surface area contributed by atoms with Crippen molar-refractivity contribution < 1.29 is 14.4 Å². The molecule has 0 atom stereocenters. The lowest BCUT2D eigenvalue weighted by Crippen LogP contribution is -2.38. The van der Waals surface area contributed by atoms with Crippen LogP contribution in [0.3, 0.4) is 0 Å². The first-order valence-corrected chi connectivity index (χ1v) is 10.4. The van der Waals surface area contributed by atoms with Gasteiger partial charge in [0.25, 0.3) is 11.1 Å². The maximum Gasteiger partial charge on any atom is 0.288 e. The molecule has 1 aromatic heterocycles. The third-order valence-corrected chi connectivity index (χ3v) is 6.12. The number of aromatic nitrogens is 1. The van der Waals surface area contributed by atoms with E-state index in [4.69, 9.17) is 4.98 Å². The molecule has 0 saturated carbocycles. The molecule has 3 amide bonds. The number of benzene rings is 1. The van der Waals surface area contributed by atoms with E-state index in [1.165, 1.54) is 4.90 Å². The van der Waals surface area contributed by atoms with Gasteiger partial charge in [0.05, 0.1) is 16.8 Å². The Morgan fingerprint density at radius 3 is 2.86 bits per heavy atom. The lowest BCUT2D eigenvalue weighted by Gasteiger charge is -2.29. The number of rotatable bonds is 5. The summed E-state index contributed by atoms with van der Waals surface area (Å²) in [5.74, 6) is -0.198. The van der Waals surface area contributed by atoms with Crippen LogP contribution in [0.1, 0.15) is 28.5 Å². The van der Waals surface area contributed by atoms with Crippen molar-refractivity contribution in [2.75, 3.05) is 31.9 Å². The van der Waals surface area contributed by atoms with Gasteiger partial charge in [0.15, 0.2) is 0 Å². The minimum absolute atomic E-state index is 0.181. The van der Waals surface area contributed by atoms with Crippen LogP contribution >= 0.6 is 11.8 Å². The number of likely N-dealkylation sites (N-methyl/N-ethyl adjacent to an activating group) is 1. The van der Waals surface area contributed by atoms with E-state index in [0.29, 0.717) is 12.1 Å². The average molecular weight is 398 g/mol. The van der Waals surface area contributed by atoms with Crippen molar-refractivity contribution >= 4 is 39.7 Å². The first-order valence-electron chi connectivity index (χ1n) is 9.46. The first-order chi connectivity index (χ1) is 13.6. The van der Waals surface area contributed by atoms with E-state index >= 15 is 0 Å². The van der Waals surface area contributed by atoms with Crippen LogP contribution < -0.4 is 5.32 Å². The Kier molecular flexibility index (Phi) is 5.32. The smallest absolute Gasteiger partial charge is 0.288 e. The number of carbonyl (C=O) groups excluding carboxylic acids is 3. The molecular formula is C20H22N4O3S. The highest BCUT2D eigenvalue weighted by Crippen LogP contribution is 2.28. The molecule has 1 fully saturated rings. The van der Waals surface area contributed by atoms with Gasteiger partial charge < -0.3 is 5.32 Å². The molecule has 28 heavy (non-hydrogen) atoms. The van der Waals surface area contributed by atoms with E-state index in [-0.39, 0.29) is 35.9 Å². The molecule has 0 unspecified atom stereocenters. The normalized spacial score (nSPS) is 17.2. The summed E-state index contributed by atoms with van der Waals surface area (Å²) >= 11 is 1.00. The Morgan fingerprint density at radius 2 is 2.11 bits per heavy atom. The highest BCUT2D eigenvalue weighted by atomic mass is 32.2. The number of imide groups is 1. The van der Waals surface area contributed by atoms with Crippen LogP contribution in [0.5, 0.6) is 0 Å². The molecule has 1 saturated heterocycles. The van der Waals surface area contributed by atoms with Gasteiger partial charge in [-0.3, -0.25) is 29.2 Å². The Bertz CT molecular complexity index is 946. The second-order valence-electron chi connectivity index (χ2n) is 6.90. The monoisotopic (exact) mass is 398 g/mol. The maximum atomic E-state index is 13.1. The molecule has 1 aromatic carbocycles. The zero-order valence-corrected chi connectivity index (χ0v) is 16.6. The minimum Gasteiger partial charge on any atom is -0.350 e. The molecule has 2 aromatic rings. The van der Waals surface area contributed by atoms with Gasteiger partial charge in [-0.05, 0) is 12.6 Å². The van der Waals surface area contributed by atoms with Gasteiger partial charge in [-0.15, -0.1) is 0 Å². The summed E-state index contributed by atoms with van der Waals surface area (Å²) < 4.78 is 0. The molecular weight excluding hydrogens is 376 g/mol. The highest BCUT2D eigenvalue weighted by Gasteiger charge is 2.30. The van der Waals surface area contributed by atoms with Crippen molar-refractivity contribution in [1.82, 2.24) is 20.1 Å². The van der Waals surface area contributed by atoms with E-state index in [1.807, 2.05) is 24.3 Å². The van der Waals surface area contributed by atoms with Gasteiger partial charge in [-0.25, -0.2) is 0 Å². The number of hydrogen-bond donors (Lipinski definition) is 1. The summed E-state index contributed by atoms with van der Waals surface area (Å²) in [5, 5.41) is 3.49. The summed E-state index contributed by atoms with van der Waals surface area (Å²) in [5.41, 5.74) is 3.44. The summed E-state index contributed by atoms with van der Waals surface area (Å²) in [6, 6.07) is 7.68. The van der Waals surface area contributed by atoms with Crippen molar-refractivity contribution in [2.45, 2.75) is 19.9 Å². The number of fused-ring (bicyclic) bond motifs is 2. The van der Waals surface area contributed by atoms with Gasteiger partial charge >= 0.3 is 0 Å². The van der Waals surface area contributed by atoms with Crippen molar-refractivity contribution in [2.24, 2.45) is 0 Å². The minimum atomic E-state index is -0.246. The lowest BCUT2D eigenvalue weighted by molar-refractivity contribution is -0.124. The van der Waals surface area contributed by atoms with E-state index in [1.54, 1.807) is 0 Å². The SMILES string of the molecule is CCN1CCc2nc3ccccc3c(C(=O)NCCN3C(=O)CSC3=O)c2C1. The largest absolute Gasteiger partial charge is 0.350 e. The predicted molar refractivity (Wildman–Crippen MR) is 108 cm³/mol. The van der Waals surface area contributed by atoms with E-state index < -0.39 is 0 Å². The van der Waals surface area contributed by atoms with Gasteiger partial charge in [-0.1, -0.05) is 36.9 Å². The fourth-order valence-electron chi connectivity index (χ4n) is 3.74. The molecule has 146 valence electrons. The van der Waals surface area contributed by atoms with Crippen LogP contribution in [-0.2, 0) is 17.8 Å². The molecule has 2 aliphatic heterocycles. The number of carbonyl (C=O) groups is 3. The van der Waals surface area contributed by atoms with Crippen LogP contribution in [0.15, 0.2) is 24.3 Å². The third kappa shape index (κ3) is 3.49. The van der Waals surface area contributed by atoms with Crippen molar-refractivity contribution in [3.05, 3.63) is 41.1 Å². The summed E-state index contributed by atoms with van der Waals surface area (Å²) in [6.07, 6.45) is 0.822. The van der Waals surface area contributed by atoms with Crippen LogP contribution in [0.4, 0.5) is 4.79 Å². The lowest BCUT2D eigenvalue weighted by atomic mass is 9.95. The average Bonchev–Trinajstić information content (AvgIpc) is 3.03. The molecule has 0 radical (unpaired) electrons. The van der Waals surface area contributed by atoms with E-state index in [9.17, 15) is 14.4 Å². The number of thioether (sulfide) groups is 1. The molecule has 3 heterocycles. The summed E-state index contributed by atoms with van der Waals surface area (Å²) in [7, 11) is 0. The Hall–Kier alpha value is -2.45. The molecule has 7 nitrogen and oxygen atoms in total. The fourth-order valence-corrected chi connectivity index (χ4v) is 4.49. The molecule has 0 aliphatic carbocycles. The molecule has 0 spiro atoms. The van der Waals surface area contributed by atoms with E-state index in [2.05, 4.69) is 17.1 Å². The number of hydrogen-bond acceptors (Lipinski definition) is 6. The molecule has 4 rings (SSSR count). The standard InChI is InChI=1S/C20H22N4O3S/c1-2-23-9-7-16-14(11-23)18(13-5-3-4-6-15(13)22-16)19(26)21-8-10-24-17(25)12-28-20(24)27/h3-6H,2,7-12H2,1H3,(H,21,26). The van der Waals surface area contributed by atoms with E-state index in [0.717, 1.165) is 53.4 Å². The Labute approximate surface area is 167 Å². The number of nitrogens with zero attached hydrogens (tertiary/aromatic N) is 3. The number of amides is 3. The maximum absolute atomic E-state index is 13.1. The first kappa shape index (κ1) is 18.9. The Morgan fingerprint density at radius 1 is 1.29 bits per heavy atom. The predicted octanol–water partition coefficient (Wildman–Crippen LogP) is 2.04. The van der Waals surface area contributed by atoms with Gasteiger partial charge in [0.1, 0.15) is 0 Å². The second-order valence-corrected chi connectivity index (χ2v) is 7.83. The number of para-hydroxylation sites is 1. The van der Waals surface area contributed by atoms with Crippen LogP contribution in [0, 0.1) is 0 Å². The zero-order valence-electron chi connectivity index (χ0n) is 15.7. The van der Waals surface area contributed by atoms with Gasteiger partial charge in [-0.2, -0.15) is 0 Å². The molecule has 2 aliphatic rings. The number of nitrogens with one attached hydrogen (secondary N) is 1. The third-order valence-electron chi connectivity index (χ3n) is 5.26. The van der Waals surface area contributed by atoms with Gasteiger partial charge in [0.2, 0.25) is 5.91 Å². The molecule has 8 heteroatoms. The van der Waals surface area contributed by atoms with Crippen molar-refractivity contribution in [3.63, 3.8) is 0 Å². The highest BCUT2D eigenvalue weighted by molar-refractivity contribution is 8.14. The molecule has 1 N–H and O–H groups in total. The van der Waals surface area contributed by atoms with Crippen LogP contribution in [0.25, 0.3) is 10.9 Å². The Balaban J connectivity index is 1.60. The second kappa shape index (κ2) is 7.89. The topological polar surface area (TPSA) is 82.6 Å². The van der Waals surface area contributed by atoms with Crippen LogP contribution in [0.2, 0.25) is 0 Å². The van der Waals surface area contributed by atoms with Crippen LogP contribution in [-0.4, -0.2) is 63.8 Å². The van der Waals surface area contributed by atoms with Crippen molar-refractivity contribution in [1.29, 1.82) is 0 Å². The van der Waals surface area contributed by atoms with Crippen molar-refractivity contribution in [3.8, 4) is 0 Å². The van der Waals surface area contributed by atoms with Gasteiger partial charge in [0, 0.05) is 49.2 Å². The summed E-state index contributed by atoms with van der Waals surface area (Å²) in [6.45, 7) is 5.10. The fraction of sp³-hybridized carbons (Fsp3) is 0.400. The molecule has 0 bridgehead atoms. The number of pyridine rings is 1. The zero-order chi connectivity index (χ0) is 19.7.